The van der Waals surface area contributed by atoms with Crippen molar-refractivity contribution >= 4 is 17.5 Å². The van der Waals surface area contributed by atoms with E-state index in [2.05, 4.69) is 5.32 Å². The SMILES string of the molecule is CC1COCCN1C(=O)c1cccc(NC(=O)c2ccccc2)c1. The van der Waals surface area contributed by atoms with Gasteiger partial charge in [0.15, 0.2) is 0 Å². The van der Waals surface area contributed by atoms with Crippen LogP contribution < -0.4 is 5.32 Å². The van der Waals surface area contributed by atoms with Crippen LogP contribution in [0.25, 0.3) is 0 Å². The standard InChI is InChI=1S/C19H20N2O3/c1-14-13-24-11-10-21(14)19(23)16-8-5-9-17(12-16)20-18(22)15-6-3-2-4-7-15/h2-9,12,14H,10-11,13H2,1H3,(H,20,22). The average Bonchev–Trinajstić information content (AvgIpc) is 2.62. The van der Waals surface area contributed by atoms with Gasteiger partial charge in [-0.05, 0) is 37.3 Å². The van der Waals surface area contributed by atoms with Crippen molar-refractivity contribution < 1.29 is 14.3 Å². The summed E-state index contributed by atoms with van der Waals surface area (Å²) >= 11 is 0. The van der Waals surface area contributed by atoms with Crippen LogP contribution in [0.4, 0.5) is 5.69 Å². The van der Waals surface area contributed by atoms with E-state index in [-0.39, 0.29) is 17.9 Å². The predicted molar refractivity (Wildman–Crippen MR) is 92.2 cm³/mol. The van der Waals surface area contributed by atoms with Crippen LogP contribution in [-0.2, 0) is 4.74 Å². The van der Waals surface area contributed by atoms with Crippen LogP contribution in [0.2, 0.25) is 0 Å². The number of benzene rings is 2. The summed E-state index contributed by atoms with van der Waals surface area (Å²) in [5, 5.41) is 2.83. The molecule has 0 aliphatic carbocycles. The summed E-state index contributed by atoms with van der Waals surface area (Å²) in [7, 11) is 0. The molecule has 24 heavy (non-hydrogen) atoms. The molecule has 2 amide bonds. The minimum atomic E-state index is -0.195. The fraction of sp³-hybridized carbons (Fsp3) is 0.263. The quantitative estimate of drug-likeness (QED) is 0.944. The Morgan fingerprint density at radius 1 is 1.08 bits per heavy atom. The van der Waals surface area contributed by atoms with Gasteiger partial charge in [-0.15, -0.1) is 0 Å². The zero-order valence-corrected chi connectivity index (χ0v) is 13.6. The molecule has 5 nitrogen and oxygen atoms in total. The summed E-state index contributed by atoms with van der Waals surface area (Å²) in [5.41, 5.74) is 1.75. The van der Waals surface area contributed by atoms with E-state index in [1.165, 1.54) is 0 Å². The Balaban J connectivity index is 1.74. The Morgan fingerprint density at radius 2 is 1.83 bits per heavy atom. The third-order valence-electron chi connectivity index (χ3n) is 4.03. The van der Waals surface area contributed by atoms with Crippen molar-refractivity contribution in [2.45, 2.75) is 13.0 Å². The number of rotatable bonds is 3. The summed E-state index contributed by atoms with van der Waals surface area (Å²) in [6, 6.07) is 16.1. The van der Waals surface area contributed by atoms with Crippen LogP contribution in [0, 0.1) is 0 Å². The van der Waals surface area contributed by atoms with Crippen LogP contribution in [0.1, 0.15) is 27.6 Å². The first-order valence-electron chi connectivity index (χ1n) is 8.00. The second-order valence-corrected chi connectivity index (χ2v) is 5.82. The van der Waals surface area contributed by atoms with E-state index in [0.29, 0.717) is 36.6 Å². The minimum Gasteiger partial charge on any atom is -0.377 e. The van der Waals surface area contributed by atoms with Crippen molar-refractivity contribution in [3.63, 3.8) is 0 Å². The van der Waals surface area contributed by atoms with Crippen LogP contribution in [0.5, 0.6) is 0 Å². The fourth-order valence-electron chi connectivity index (χ4n) is 2.72. The lowest BCUT2D eigenvalue weighted by Crippen LogP contribution is -2.47. The molecular formula is C19H20N2O3. The van der Waals surface area contributed by atoms with Gasteiger partial charge >= 0.3 is 0 Å². The topological polar surface area (TPSA) is 58.6 Å². The number of hydrogen-bond donors (Lipinski definition) is 1. The van der Waals surface area contributed by atoms with Crippen molar-refractivity contribution in [3.8, 4) is 0 Å². The van der Waals surface area contributed by atoms with E-state index in [9.17, 15) is 9.59 Å². The number of nitrogens with zero attached hydrogens (tertiary/aromatic N) is 1. The van der Waals surface area contributed by atoms with Gasteiger partial charge in [0.05, 0.1) is 19.3 Å². The molecule has 2 aromatic carbocycles. The van der Waals surface area contributed by atoms with E-state index in [0.717, 1.165) is 0 Å². The highest BCUT2D eigenvalue weighted by atomic mass is 16.5. The zero-order chi connectivity index (χ0) is 16.9. The molecule has 1 heterocycles. The van der Waals surface area contributed by atoms with Gasteiger partial charge in [0.25, 0.3) is 11.8 Å². The number of anilines is 1. The monoisotopic (exact) mass is 324 g/mol. The van der Waals surface area contributed by atoms with Crippen molar-refractivity contribution in [1.82, 2.24) is 4.90 Å². The Labute approximate surface area is 141 Å². The van der Waals surface area contributed by atoms with Crippen LogP contribution >= 0.6 is 0 Å². The minimum absolute atomic E-state index is 0.0402. The summed E-state index contributed by atoms with van der Waals surface area (Å²) in [6.45, 7) is 3.66. The number of carbonyl (C=O) groups excluding carboxylic acids is 2. The lowest BCUT2D eigenvalue weighted by Gasteiger charge is -2.33. The average molecular weight is 324 g/mol. The number of amides is 2. The molecule has 0 saturated carbocycles. The summed E-state index contributed by atoms with van der Waals surface area (Å²) in [6.07, 6.45) is 0. The second kappa shape index (κ2) is 7.27. The molecule has 5 heteroatoms. The number of ether oxygens (including phenoxy) is 1. The molecule has 1 atom stereocenters. The van der Waals surface area contributed by atoms with Crippen molar-refractivity contribution in [3.05, 3.63) is 65.7 Å². The second-order valence-electron chi connectivity index (χ2n) is 5.82. The van der Waals surface area contributed by atoms with Crippen LogP contribution in [0.3, 0.4) is 0 Å². The van der Waals surface area contributed by atoms with Gasteiger partial charge < -0.3 is 15.0 Å². The van der Waals surface area contributed by atoms with Crippen molar-refractivity contribution in [2.75, 3.05) is 25.1 Å². The Bertz CT molecular complexity index is 730. The van der Waals surface area contributed by atoms with Crippen LogP contribution in [-0.4, -0.2) is 42.5 Å². The van der Waals surface area contributed by atoms with Gasteiger partial charge in [-0.1, -0.05) is 24.3 Å². The van der Waals surface area contributed by atoms with E-state index in [1.54, 1.807) is 36.4 Å². The maximum Gasteiger partial charge on any atom is 0.255 e. The summed E-state index contributed by atoms with van der Waals surface area (Å²) < 4.78 is 5.37. The maximum absolute atomic E-state index is 12.7. The van der Waals surface area contributed by atoms with Gasteiger partial charge in [-0.25, -0.2) is 0 Å². The Kier molecular flexibility index (Phi) is 4.91. The molecular weight excluding hydrogens is 304 g/mol. The van der Waals surface area contributed by atoms with E-state index < -0.39 is 0 Å². The number of morpholine rings is 1. The Hall–Kier alpha value is -2.66. The van der Waals surface area contributed by atoms with Gasteiger partial charge in [-0.2, -0.15) is 0 Å². The summed E-state index contributed by atoms with van der Waals surface area (Å²) in [4.78, 5) is 26.7. The molecule has 1 unspecified atom stereocenters. The normalized spacial score (nSPS) is 17.4. The first-order valence-corrected chi connectivity index (χ1v) is 8.00. The largest absolute Gasteiger partial charge is 0.377 e. The van der Waals surface area contributed by atoms with Gasteiger partial charge in [0.2, 0.25) is 0 Å². The highest BCUT2D eigenvalue weighted by molar-refractivity contribution is 6.05. The highest BCUT2D eigenvalue weighted by Gasteiger charge is 2.24. The molecule has 1 aliphatic heterocycles. The lowest BCUT2D eigenvalue weighted by atomic mass is 10.1. The summed E-state index contributed by atoms with van der Waals surface area (Å²) in [5.74, 6) is -0.235. The molecule has 3 rings (SSSR count). The molecule has 1 fully saturated rings. The molecule has 1 aliphatic rings. The van der Waals surface area contributed by atoms with Gasteiger partial charge in [0.1, 0.15) is 0 Å². The molecule has 2 aromatic rings. The highest BCUT2D eigenvalue weighted by Crippen LogP contribution is 2.17. The van der Waals surface area contributed by atoms with Gasteiger partial charge in [-0.3, -0.25) is 9.59 Å². The molecule has 0 aromatic heterocycles. The number of carbonyl (C=O) groups is 2. The molecule has 0 spiro atoms. The Morgan fingerprint density at radius 3 is 2.58 bits per heavy atom. The first-order chi connectivity index (χ1) is 11.6. The first kappa shape index (κ1) is 16.2. The third kappa shape index (κ3) is 3.63. The number of hydrogen-bond acceptors (Lipinski definition) is 3. The van der Waals surface area contributed by atoms with Crippen LogP contribution in [0.15, 0.2) is 54.6 Å². The molecule has 124 valence electrons. The molecule has 0 radical (unpaired) electrons. The van der Waals surface area contributed by atoms with E-state index in [1.807, 2.05) is 30.0 Å². The number of nitrogens with one attached hydrogen (secondary N) is 1. The van der Waals surface area contributed by atoms with E-state index >= 15 is 0 Å². The zero-order valence-electron chi connectivity index (χ0n) is 13.6. The lowest BCUT2D eigenvalue weighted by molar-refractivity contribution is 0.00359. The third-order valence-corrected chi connectivity index (χ3v) is 4.03. The van der Waals surface area contributed by atoms with Crippen molar-refractivity contribution in [2.24, 2.45) is 0 Å². The predicted octanol–water partition coefficient (Wildman–Crippen LogP) is 2.80. The molecule has 1 N–H and O–H groups in total. The van der Waals surface area contributed by atoms with Crippen molar-refractivity contribution in [1.29, 1.82) is 0 Å². The molecule has 0 bridgehead atoms. The fourth-order valence-corrected chi connectivity index (χ4v) is 2.72. The molecule has 1 saturated heterocycles. The smallest absolute Gasteiger partial charge is 0.255 e. The van der Waals surface area contributed by atoms with E-state index in [4.69, 9.17) is 4.74 Å². The maximum atomic E-state index is 12.7. The van der Waals surface area contributed by atoms with Gasteiger partial charge in [0, 0.05) is 23.4 Å².